The molecule has 0 spiro atoms. The van der Waals surface area contributed by atoms with Crippen LogP contribution in [0.1, 0.15) is 10.4 Å². The summed E-state index contributed by atoms with van der Waals surface area (Å²) >= 11 is 3.40. The smallest absolute Gasteiger partial charge is 0.337 e. The van der Waals surface area contributed by atoms with Crippen molar-refractivity contribution in [1.82, 2.24) is 0 Å². The first-order chi connectivity index (χ1) is 8.70. The number of hydrogen-bond acceptors (Lipinski definition) is 3. The van der Waals surface area contributed by atoms with Crippen molar-refractivity contribution in [2.24, 2.45) is 0 Å². The topological polar surface area (TPSA) is 35.5 Å². The number of carbonyl (C=O) groups is 1. The van der Waals surface area contributed by atoms with Crippen molar-refractivity contribution in [2.75, 3.05) is 7.11 Å². The Hall–Kier alpha value is -1.81. The molecule has 92 valence electrons. The summed E-state index contributed by atoms with van der Waals surface area (Å²) in [7, 11) is 1.35. The minimum Gasteiger partial charge on any atom is -0.465 e. The van der Waals surface area contributed by atoms with E-state index in [0.717, 1.165) is 4.47 Å². The van der Waals surface area contributed by atoms with Gasteiger partial charge in [0, 0.05) is 0 Å². The number of benzene rings is 2. The zero-order valence-corrected chi connectivity index (χ0v) is 11.3. The maximum absolute atomic E-state index is 11.4. The molecule has 0 aliphatic rings. The van der Waals surface area contributed by atoms with Crippen LogP contribution in [-0.2, 0) is 4.74 Å². The molecule has 0 unspecified atom stereocenters. The van der Waals surface area contributed by atoms with Gasteiger partial charge in [-0.25, -0.2) is 4.79 Å². The summed E-state index contributed by atoms with van der Waals surface area (Å²) in [5.74, 6) is 0.900. The molecule has 2 aromatic carbocycles. The van der Waals surface area contributed by atoms with Gasteiger partial charge in [-0.3, -0.25) is 0 Å². The minimum atomic E-state index is -0.382. The van der Waals surface area contributed by atoms with Gasteiger partial charge in [0.05, 0.1) is 17.1 Å². The summed E-state index contributed by atoms with van der Waals surface area (Å²) < 4.78 is 11.2. The summed E-state index contributed by atoms with van der Waals surface area (Å²) in [5.41, 5.74) is 0.460. The van der Waals surface area contributed by atoms with Gasteiger partial charge in [0.25, 0.3) is 0 Å². The van der Waals surface area contributed by atoms with Gasteiger partial charge < -0.3 is 9.47 Å². The van der Waals surface area contributed by atoms with Gasteiger partial charge in [0.15, 0.2) is 0 Å². The lowest BCUT2D eigenvalue weighted by atomic mass is 10.2. The van der Waals surface area contributed by atoms with E-state index in [1.165, 1.54) is 7.11 Å². The first kappa shape index (κ1) is 12.6. The minimum absolute atomic E-state index is 0.382. The van der Waals surface area contributed by atoms with Crippen LogP contribution in [0.5, 0.6) is 11.5 Å². The highest BCUT2D eigenvalue weighted by Gasteiger charge is 2.07. The summed E-state index contributed by atoms with van der Waals surface area (Å²) in [6, 6.07) is 14.4. The van der Waals surface area contributed by atoms with Crippen LogP contribution in [0.2, 0.25) is 0 Å². The number of rotatable bonds is 3. The third kappa shape index (κ3) is 2.90. The lowest BCUT2D eigenvalue weighted by molar-refractivity contribution is 0.0600. The Labute approximate surface area is 113 Å². The highest BCUT2D eigenvalue weighted by atomic mass is 79.9. The van der Waals surface area contributed by atoms with E-state index in [-0.39, 0.29) is 5.97 Å². The predicted molar refractivity (Wildman–Crippen MR) is 72.0 cm³/mol. The van der Waals surface area contributed by atoms with E-state index in [2.05, 4.69) is 20.7 Å². The van der Waals surface area contributed by atoms with Crippen LogP contribution in [0.3, 0.4) is 0 Å². The first-order valence-corrected chi connectivity index (χ1v) is 6.11. The largest absolute Gasteiger partial charge is 0.465 e. The van der Waals surface area contributed by atoms with Crippen molar-refractivity contribution >= 4 is 21.9 Å². The van der Waals surface area contributed by atoms with Crippen molar-refractivity contribution in [3.05, 3.63) is 58.6 Å². The molecule has 2 aromatic rings. The monoisotopic (exact) mass is 306 g/mol. The van der Waals surface area contributed by atoms with Crippen LogP contribution in [0, 0.1) is 0 Å². The molecular weight excluding hydrogens is 296 g/mol. The van der Waals surface area contributed by atoms with Crippen LogP contribution < -0.4 is 4.74 Å². The normalized spacial score (nSPS) is 9.89. The third-order valence-corrected chi connectivity index (χ3v) is 2.97. The van der Waals surface area contributed by atoms with Crippen molar-refractivity contribution in [3.8, 4) is 11.5 Å². The van der Waals surface area contributed by atoms with Crippen molar-refractivity contribution in [2.45, 2.75) is 0 Å². The van der Waals surface area contributed by atoms with E-state index in [0.29, 0.717) is 17.1 Å². The first-order valence-electron chi connectivity index (χ1n) is 5.31. The van der Waals surface area contributed by atoms with Crippen molar-refractivity contribution in [1.29, 1.82) is 0 Å². The summed E-state index contributed by atoms with van der Waals surface area (Å²) in [5, 5.41) is 0. The molecule has 3 nitrogen and oxygen atoms in total. The standard InChI is InChI=1S/C14H11BrO3/c1-17-14(16)10-5-4-6-11(9-10)18-13-8-3-2-7-12(13)15/h2-9H,1H3. The Morgan fingerprint density at radius 1 is 1.11 bits per heavy atom. The van der Waals surface area contributed by atoms with Crippen LogP contribution in [0.4, 0.5) is 0 Å². The van der Waals surface area contributed by atoms with Crippen molar-refractivity contribution in [3.63, 3.8) is 0 Å². The highest BCUT2D eigenvalue weighted by Crippen LogP contribution is 2.29. The molecule has 0 heterocycles. The molecule has 0 bridgehead atoms. The van der Waals surface area contributed by atoms with Gasteiger partial charge in [-0.15, -0.1) is 0 Å². The second-order valence-corrected chi connectivity index (χ2v) is 4.41. The second kappa shape index (κ2) is 5.69. The molecule has 0 N–H and O–H groups in total. The van der Waals surface area contributed by atoms with Gasteiger partial charge in [-0.05, 0) is 46.3 Å². The highest BCUT2D eigenvalue weighted by molar-refractivity contribution is 9.10. The van der Waals surface area contributed by atoms with Crippen LogP contribution >= 0.6 is 15.9 Å². The van der Waals surface area contributed by atoms with Gasteiger partial charge in [-0.2, -0.15) is 0 Å². The Balaban J connectivity index is 2.25. The Kier molecular flexibility index (Phi) is 3.99. The van der Waals surface area contributed by atoms with Crippen LogP contribution in [0.15, 0.2) is 53.0 Å². The fraction of sp³-hybridized carbons (Fsp3) is 0.0714. The number of carbonyl (C=O) groups excluding carboxylic acids is 1. The number of ether oxygens (including phenoxy) is 2. The summed E-state index contributed by atoms with van der Waals surface area (Å²) in [6.07, 6.45) is 0. The van der Waals surface area contributed by atoms with E-state index < -0.39 is 0 Å². The van der Waals surface area contributed by atoms with E-state index in [1.54, 1.807) is 24.3 Å². The fourth-order valence-electron chi connectivity index (χ4n) is 1.46. The molecule has 0 atom stereocenters. The number of methoxy groups -OCH3 is 1. The lowest BCUT2D eigenvalue weighted by Gasteiger charge is -2.08. The third-order valence-electron chi connectivity index (χ3n) is 2.32. The Bertz CT molecular complexity index is 566. The molecule has 0 amide bonds. The van der Waals surface area contributed by atoms with E-state index in [4.69, 9.17) is 4.74 Å². The average molecular weight is 307 g/mol. The average Bonchev–Trinajstić information content (AvgIpc) is 2.41. The molecule has 0 aliphatic heterocycles. The van der Waals surface area contributed by atoms with Crippen LogP contribution in [0.25, 0.3) is 0 Å². The van der Waals surface area contributed by atoms with E-state index in [1.807, 2.05) is 24.3 Å². The van der Waals surface area contributed by atoms with E-state index in [9.17, 15) is 4.79 Å². The Morgan fingerprint density at radius 3 is 2.61 bits per heavy atom. The molecule has 0 aliphatic carbocycles. The number of halogens is 1. The zero-order chi connectivity index (χ0) is 13.0. The second-order valence-electron chi connectivity index (χ2n) is 3.55. The van der Waals surface area contributed by atoms with E-state index >= 15 is 0 Å². The van der Waals surface area contributed by atoms with Gasteiger partial charge in [0.2, 0.25) is 0 Å². The summed E-state index contributed by atoms with van der Waals surface area (Å²) in [4.78, 5) is 11.4. The van der Waals surface area contributed by atoms with Gasteiger partial charge in [0.1, 0.15) is 11.5 Å². The molecule has 0 aromatic heterocycles. The quantitative estimate of drug-likeness (QED) is 0.803. The molecular formula is C14H11BrO3. The predicted octanol–water partition coefficient (Wildman–Crippen LogP) is 4.03. The zero-order valence-electron chi connectivity index (χ0n) is 9.72. The lowest BCUT2D eigenvalue weighted by Crippen LogP contribution is -2.00. The molecule has 18 heavy (non-hydrogen) atoms. The molecule has 0 radical (unpaired) electrons. The SMILES string of the molecule is COC(=O)c1cccc(Oc2ccccc2Br)c1. The van der Waals surface area contributed by atoms with Crippen LogP contribution in [-0.4, -0.2) is 13.1 Å². The van der Waals surface area contributed by atoms with Gasteiger partial charge in [-0.1, -0.05) is 18.2 Å². The molecule has 4 heteroatoms. The number of esters is 1. The number of para-hydroxylation sites is 1. The maximum atomic E-state index is 11.4. The van der Waals surface area contributed by atoms with Gasteiger partial charge >= 0.3 is 5.97 Å². The molecule has 0 saturated carbocycles. The molecule has 0 saturated heterocycles. The number of hydrogen-bond donors (Lipinski definition) is 0. The maximum Gasteiger partial charge on any atom is 0.337 e. The Morgan fingerprint density at radius 2 is 1.89 bits per heavy atom. The summed E-state index contributed by atoms with van der Waals surface area (Å²) in [6.45, 7) is 0. The fourth-order valence-corrected chi connectivity index (χ4v) is 1.82. The van der Waals surface area contributed by atoms with Crippen molar-refractivity contribution < 1.29 is 14.3 Å². The molecule has 2 rings (SSSR count). The molecule has 0 fully saturated rings.